The molecule has 1 heterocycles. The molecule has 0 saturated carbocycles. The molecule has 2 aromatic rings. The van der Waals surface area contributed by atoms with Gasteiger partial charge in [-0.3, -0.25) is 0 Å². The van der Waals surface area contributed by atoms with Crippen molar-refractivity contribution in [2.24, 2.45) is 0 Å². The first-order chi connectivity index (χ1) is 5.83. The van der Waals surface area contributed by atoms with E-state index in [1.54, 1.807) is 0 Å². The molecule has 0 atom stereocenters. The molecule has 0 amide bonds. The van der Waals surface area contributed by atoms with E-state index in [0.29, 0.717) is 0 Å². The van der Waals surface area contributed by atoms with Crippen LogP contribution in [0.25, 0.3) is 9.65 Å². The van der Waals surface area contributed by atoms with Crippen molar-refractivity contribution in [3.63, 3.8) is 0 Å². The number of hydrogen-bond donors (Lipinski definition) is 0. The minimum absolute atomic E-state index is 0.202. The molecular weight excluding hydrogens is 217 g/mol. The Hall–Kier alpha value is -0.791. The van der Waals surface area contributed by atoms with Crippen molar-refractivity contribution in [2.45, 2.75) is 13.5 Å². The third-order valence-corrected chi connectivity index (χ3v) is 4.35. The number of rotatable bonds is 1. The summed E-state index contributed by atoms with van der Waals surface area (Å²) >= 11 is 0.225. The number of fused-ring (bicyclic) bond motifs is 1. The molecule has 62 valence electrons. The van der Waals surface area contributed by atoms with E-state index < -0.39 is 0 Å². The molecule has 0 N–H and O–H groups in total. The summed E-state index contributed by atoms with van der Waals surface area (Å²) in [6.45, 7) is 2.85. The van der Waals surface area contributed by atoms with E-state index in [-0.39, 0.29) is 20.3 Å². The van der Waals surface area contributed by atoms with Gasteiger partial charge in [0.05, 0.1) is 0 Å². The second kappa shape index (κ2) is 2.92. The minimum atomic E-state index is 0.202. The van der Waals surface area contributed by atoms with E-state index in [4.69, 9.17) is 0 Å². The summed E-state index contributed by atoms with van der Waals surface area (Å²) in [7, 11) is 0. The molecule has 0 bridgehead atoms. The van der Waals surface area contributed by atoms with Crippen LogP contribution >= 0.6 is 0 Å². The molecule has 12 heavy (non-hydrogen) atoms. The average molecular weight is 226 g/mol. The Morgan fingerprint density at radius 3 is 2.83 bits per heavy atom. The van der Waals surface area contributed by atoms with Crippen LogP contribution in [-0.2, 0) is 6.54 Å². The zero-order valence-electron chi connectivity index (χ0n) is 6.78. The monoisotopic (exact) mass is 227 g/mol. The molecule has 0 saturated heterocycles. The standard InChI is InChI=1S/C9H9NOSe/c1-2-10-9(11)7-5-3-4-6-8(7)12-10/h3-6H,2H2,1H3. The van der Waals surface area contributed by atoms with Crippen LogP contribution in [0.3, 0.4) is 0 Å². The van der Waals surface area contributed by atoms with Crippen molar-refractivity contribution in [3.8, 4) is 0 Å². The van der Waals surface area contributed by atoms with E-state index in [1.807, 2.05) is 34.8 Å². The van der Waals surface area contributed by atoms with Gasteiger partial charge in [-0.05, 0) is 0 Å². The fourth-order valence-corrected chi connectivity index (χ4v) is 3.20. The van der Waals surface area contributed by atoms with Gasteiger partial charge in [0.15, 0.2) is 0 Å². The van der Waals surface area contributed by atoms with Gasteiger partial charge >= 0.3 is 76.0 Å². The summed E-state index contributed by atoms with van der Waals surface area (Å²) in [5.41, 5.74) is 0.202. The van der Waals surface area contributed by atoms with E-state index in [1.165, 1.54) is 4.26 Å². The molecule has 0 radical (unpaired) electrons. The fraction of sp³-hybridized carbons (Fsp3) is 0.222. The Balaban J connectivity index is 2.88. The van der Waals surface area contributed by atoms with E-state index >= 15 is 0 Å². The van der Waals surface area contributed by atoms with Crippen LogP contribution in [0.5, 0.6) is 0 Å². The average Bonchev–Trinajstić information content (AvgIpc) is 2.44. The van der Waals surface area contributed by atoms with Crippen LogP contribution in [0.15, 0.2) is 29.1 Å². The van der Waals surface area contributed by atoms with Crippen LogP contribution in [0.4, 0.5) is 0 Å². The first-order valence-corrected chi connectivity index (χ1v) is 5.54. The van der Waals surface area contributed by atoms with Gasteiger partial charge < -0.3 is 0 Å². The molecule has 1 aromatic carbocycles. The quantitative estimate of drug-likeness (QED) is 0.667. The summed E-state index contributed by atoms with van der Waals surface area (Å²) in [5, 5.41) is 0.902. The second-order valence-corrected chi connectivity index (χ2v) is 4.82. The zero-order chi connectivity index (χ0) is 8.55. The predicted octanol–water partition coefficient (Wildman–Crippen LogP) is 1.08. The fourth-order valence-electron chi connectivity index (χ4n) is 1.23. The molecule has 2 rings (SSSR count). The normalized spacial score (nSPS) is 10.8. The number of aryl methyl sites for hydroxylation is 1. The SMILES string of the molecule is CCn1[se]c2ccccc2c1=O. The van der Waals surface area contributed by atoms with E-state index in [0.717, 1.165) is 11.9 Å². The number of hydrogen-bond acceptors (Lipinski definition) is 1. The van der Waals surface area contributed by atoms with Gasteiger partial charge in [0.25, 0.3) is 0 Å². The van der Waals surface area contributed by atoms with Gasteiger partial charge in [-0.15, -0.1) is 0 Å². The third-order valence-electron chi connectivity index (χ3n) is 1.84. The molecule has 0 aliphatic heterocycles. The molecule has 2 nitrogen and oxygen atoms in total. The van der Waals surface area contributed by atoms with Gasteiger partial charge in [0.2, 0.25) is 0 Å². The Labute approximate surface area is 76.4 Å². The Bertz CT molecular complexity index is 455. The van der Waals surface area contributed by atoms with Gasteiger partial charge in [-0.1, -0.05) is 0 Å². The third kappa shape index (κ3) is 1.06. The Morgan fingerprint density at radius 2 is 2.17 bits per heavy atom. The van der Waals surface area contributed by atoms with Gasteiger partial charge in [0.1, 0.15) is 0 Å². The molecule has 3 heteroatoms. The molecule has 0 aliphatic carbocycles. The Morgan fingerprint density at radius 1 is 1.42 bits per heavy atom. The van der Waals surface area contributed by atoms with Crippen molar-refractivity contribution >= 4 is 24.4 Å². The van der Waals surface area contributed by atoms with E-state index in [2.05, 4.69) is 0 Å². The van der Waals surface area contributed by atoms with Crippen LogP contribution < -0.4 is 5.56 Å². The van der Waals surface area contributed by atoms with Crippen molar-refractivity contribution in [1.82, 2.24) is 3.56 Å². The topological polar surface area (TPSA) is 22.0 Å². The summed E-state index contributed by atoms with van der Waals surface area (Å²) in [6.07, 6.45) is 0. The molecule has 0 aliphatic rings. The van der Waals surface area contributed by atoms with Crippen LogP contribution in [0.2, 0.25) is 0 Å². The molecule has 0 fully saturated rings. The molecule has 1 aromatic heterocycles. The van der Waals surface area contributed by atoms with Gasteiger partial charge in [-0.2, -0.15) is 0 Å². The van der Waals surface area contributed by atoms with Crippen molar-refractivity contribution in [2.75, 3.05) is 0 Å². The van der Waals surface area contributed by atoms with E-state index in [9.17, 15) is 4.79 Å². The van der Waals surface area contributed by atoms with Crippen molar-refractivity contribution in [3.05, 3.63) is 34.6 Å². The van der Waals surface area contributed by atoms with Crippen LogP contribution in [0.1, 0.15) is 6.92 Å². The molecule has 0 spiro atoms. The summed E-state index contributed by atoms with van der Waals surface area (Å²) < 4.78 is 3.13. The van der Waals surface area contributed by atoms with Gasteiger partial charge in [-0.25, -0.2) is 0 Å². The number of nitrogens with zero attached hydrogens (tertiary/aromatic N) is 1. The zero-order valence-corrected chi connectivity index (χ0v) is 8.49. The second-order valence-electron chi connectivity index (χ2n) is 2.59. The summed E-state index contributed by atoms with van der Waals surface area (Å²) in [6, 6.07) is 7.87. The maximum absolute atomic E-state index is 11.6. The van der Waals surface area contributed by atoms with Gasteiger partial charge in [0, 0.05) is 0 Å². The van der Waals surface area contributed by atoms with Crippen molar-refractivity contribution < 1.29 is 0 Å². The first kappa shape index (κ1) is 7.84. The summed E-state index contributed by atoms with van der Waals surface area (Å²) in [4.78, 5) is 11.6. The molecular formula is C9H9NOSe. The van der Waals surface area contributed by atoms with Crippen LogP contribution in [-0.4, -0.2) is 18.3 Å². The Kier molecular flexibility index (Phi) is 1.91. The molecule has 0 unspecified atom stereocenters. The maximum atomic E-state index is 11.6. The predicted molar refractivity (Wildman–Crippen MR) is 50.8 cm³/mol. The number of benzene rings is 1. The van der Waals surface area contributed by atoms with Crippen LogP contribution in [0, 0.1) is 0 Å². The summed E-state index contributed by atoms with van der Waals surface area (Å²) in [5.74, 6) is 0. The van der Waals surface area contributed by atoms with Crippen molar-refractivity contribution in [1.29, 1.82) is 0 Å². The first-order valence-electron chi connectivity index (χ1n) is 3.92. The number of aromatic nitrogens is 1.